The summed E-state index contributed by atoms with van der Waals surface area (Å²) in [6.45, 7) is 4.28. The maximum Gasteiger partial charge on any atom is 0.248 e. The van der Waals surface area contributed by atoms with E-state index in [9.17, 15) is 13.2 Å². The van der Waals surface area contributed by atoms with Crippen LogP contribution in [0.3, 0.4) is 0 Å². The van der Waals surface area contributed by atoms with Crippen LogP contribution in [0.4, 0.5) is 0 Å². The Labute approximate surface area is 193 Å². The molecule has 1 saturated heterocycles. The van der Waals surface area contributed by atoms with E-state index in [2.05, 4.69) is 20.3 Å². The number of rotatable bonds is 7. The van der Waals surface area contributed by atoms with Crippen molar-refractivity contribution in [2.45, 2.75) is 23.9 Å². The molecule has 0 unspecified atom stereocenters. The quantitative estimate of drug-likeness (QED) is 0.496. The molecule has 0 saturated carbocycles. The van der Waals surface area contributed by atoms with Gasteiger partial charge < -0.3 is 9.42 Å². The number of aromatic nitrogens is 4. The van der Waals surface area contributed by atoms with E-state index in [4.69, 9.17) is 4.52 Å². The summed E-state index contributed by atoms with van der Waals surface area (Å²) in [7, 11) is -3.70. The molecule has 0 atom stereocenters. The highest BCUT2D eigenvalue weighted by Crippen LogP contribution is 2.24. The predicted octanol–water partition coefficient (Wildman–Crippen LogP) is 2.27. The largest absolute Gasteiger partial charge is 0.360 e. The molecule has 3 aromatic rings. The summed E-state index contributed by atoms with van der Waals surface area (Å²) in [6.07, 6.45) is 3.78. The Morgan fingerprint density at radius 3 is 2.72 bits per heavy atom. The third-order valence-corrected chi connectivity index (χ3v) is 8.73. The Bertz CT molecular complexity index is 1190. The van der Waals surface area contributed by atoms with E-state index < -0.39 is 10.0 Å². The fourth-order valence-corrected chi connectivity index (χ4v) is 6.35. The van der Waals surface area contributed by atoms with Gasteiger partial charge >= 0.3 is 0 Å². The second kappa shape index (κ2) is 9.57. The molecule has 1 fully saturated rings. The summed E-state index contributed by atoms with van der Waals surface area (Å²) in [4.78, 5) is 19.8. The lowest BCUT2D eigenvalue weighted by Gasteiger charge is -2.33. The number of carbonyl (C=O) groups excluding carboxylic acids is 1. The smallest absolute Gasteiger partial charge is 0.248 e. The number of nitrogens with one attached hydrogen (secondary N) is 1. The molecule has 1 N–H and O–H groups in total. The Kier molecular flexibility index (Phi) is 6.79. The Hall–Kier alpha value is -2.48. The summed E-state index contributed by atoms with van der Waals surface area (Å²) >= 11 is 2.87. The SMILES string of the molecule is Cc1noc(C)c1S(=O)(=O)N1CCN(C(=O)CSc2n[nH]c(/C=C/c3cccs3)n2)CC1. The van der Waals surface area contributed by atoms with Gasteiger partial charge in [0, 0.05) is 31.1 Å². The summed E-state index contributed by atoms with van der Waals surface area (Å²) in [5, 5.41) is 13.2. The lowest BCUT2D eigenvalue weighted by Crippen LogP contribution is -2.51. The van der Waals surface area contributed by atoms with Crippen LogP contribution in [0.1, 0.15) is 22.2 Å². The number of amides is 1. The van der Waals surface area contributed by atoms with Crippen molar-refractivity contribution in [2.24, 2.45) is 0 Å². The van der Waals surface area contributed by atoms with Gasteiger partial charge in [-0.2, -0.15) is 4.31 Å². The standard InChI is InChI=1S/C19H22N6O4S3/c1-13-18(14(2)29-23-13)32(27,28)25-9-7-24(8-10-25)17(26)12-31-19-20-16(21-22-19)6-5-15-4-3-11-30-15/h3-6,11H,7-10,12H2,1-2H3,(H,20,21,22)/b6-5+. The number of hydrogen-bond donors (Lipinski definition) is 1. The minimum atomic E-state index is -3.70. The zero-order chi connectivity index (χ0) is 22.7. The van der Waals surface area contributed by atoms with Crippen LogP contribution in [0.5, 0.6) is 0 Å². The van der Waals surface area contributed by atoms with Gasteiger partial charge in [0.15, 0.2) is 5.76 Å². The molecule has 1 aliphatic rings. The highest BCUT2D eigenvalue weighted by Gasteiger charge is 2.34. The zero-order valence-corrected chi connectivity index (χ0v) is 20.0. The number of thioether (sulfide) groups is 1. The molecule has 1 amide bonds. The number of aryl methyl sites for hydroxylation is 2. The van der Waals surface area contributed by atoms with Crippen molar-refractivity contribution in [1.82, 2.24) is 29.5 Å². The Balaban J connectivity index is 1.28. The molecule has 4 heterocycles. The zero-order valence-electron chi connectivity index (χ0n) is 17.5. The molecule has 0 radical (unpaired) electrons. The van der Waals surface area contributed by atoms with E-state index in [-0.39, 0.29) is 35.4 Å². The van der Waals surface area contributed by atoms with Crippen LogP contribution in [0.25, 0.3) is 12.2 Å². The topological polar surface area (TPSA) is 125 Å². The average Bonchev–Trinajstić information content (AvgIpc) is 3.52. The third kappa shape index (κ3) is 4.95. The van der Waals surface area contributed by atoms with E-state index in [1.165, 1.54) is 16.1 Å². The van der Waals surface area contributed by atoms with Gasteiger partial charge in [-0.3, -0.25) is 9.89 Å². The second-order valence-corrected chi connectivity index (χ2v) is 10.9. The molecular formula is C19H22N6O4S3. The van der Waals surface area contributed by atoms with Crippen LogP contribution in [-0.4, -0.2) is 75.8 Å². The van der Waals surface area contributed by atoms with Crippen LogP contribution in [0.15, 0.2) is 32.1 Å². The van der Waals surface area contributed by atoms with Gasteiger partial charge in [0.1, 0.15) is 16.4 Å². The highest BCUT2D eigenvalue weighted by molar-refractivity contribution is 7.99. The molecule has 10 nitrogen and oxygen atoms in total. The number of piperazine rings is 1. The van der Waals surface area contributed by atoms with Gasteiger partial charge in [-0.1, -0.05) is 23.0 Å². The first-order valence-corrected chi connectivity index (χ1v) is 13.1. The van der Waals surface area contributed by atoms with E-state index >= 15 is 0 Å². The summed E-state index contributed by atoms with van der Waals surface area (Å²) in [5.74, 6) is 0.993. The number of carbonyl (C=O) groups is 1. The van der Waals surface area contributed by atoms with Crippen molar-refractivity contribution in [2.75, 3.05) is 31.9 Å². The fraction of sp³-hybridized carbons (Fsp3) is 0.368. The van der Waals surface area contributed by atoms with E-state index in [1.807, 2.05) is 29.7 Å². The van der Waals surface area contributed by atoms with Gasteiger partial charge in [0.25, 0.3) is 0 Å². The Morgan fingerprint density at radius 2 is 2.06 bits per heavy atom. The number of hydrogen-bond acceptors (Lipinski definition) is 9. The first kappa shape index (κ1) is 22.7. The summed E-state index contributed by atoms with van der Waals surface area (Å²) in [5.41, 5.74) is 0.341. The van der Waals surface area contributed by atoms with Gasteiger partial charge in [-0.05, 0) is 37.4 Å². The molecular weight excluding hydrogens is 472 g/mol. The number of thiophene rings is 1. The predicted molar refractivity (Wildman–Crippen MR) is 122 cm³/mol. The minimum absolute atomic E-state index is 0.0788. The van der Waals surface area contributed by atoms with Crippen molar-refractivity contribution in [3.63, 3.8) is 0 Å². The van der Waals surface area contributed by atoms with Gasteiger partial charge in [-0.15, -0.1) is 16.4 Å². The molecule has 0 spiro atoms. The molecule has 13 heteroatoms. The first-order valence-electron chi connectivity index (χ1n) is 9.82. The van der Waals surface area contributed by atoms with Crippen LogP contribution in [-0.2, 0) is 14.8 Å². The maximum absolute atomic E-state index is 12.9. The number of nitrogens with zero attached hydrogens (tertiary/aromatic N) is 5. The molecule has 0 bridgehead atoms. The van der Waals surface area contributed by atoms with Crippen molar-refractivity contribution in [3.05, 3.63) is 39.7 Å². The first-order chi connectivity index (χ1) is 15.3. The number of aromatic amines is 1. The van der Waals surface area contributed by atoms with E-state index in [1.54, 1.807) is 30.1 Å². The maximum atomic E-state index is 12.9. The lowest BCUT2D eigenvalue weighted by atomic mass is 10.3. The van der Waals surface area contributed by atoms with Crippen molar-refractivity contribution < 1.29 is 17.7 Å². The normalized spacial score (nSPS) is 15.6. The average molecular weight is 495 g/mol. The number of H-pyrrole nitrogens is 1. The van der Waals surface area contributed by atoms with Crippen LogP contribution in [0.2, 0.25) is 0 Å². The van der Waals surface area contributed by atoms with E-state index in [0.717, 1.165) is 4.88 Å². The van der Waals surface area contributed by atoms with E-state index in [0.29, 0.717) is 29.8 Å². The van der Waals surface area contributed by atoms with Crippen LogP contribution >= 0.6 is 23.1 Å². The lowest BCUT2D eigenvalue weighted by molar-refractivity contribution is -0.129. The molecule has 32 heavy (non-hydrogen) atoms. The van der Waals surface area contributed by atoms with Crippen molar-refractivity contribution in [1.29, 1.82) is 0 Å². The molecule has 1 aliphatic heterocycles. The minimum Gasteiger partial charge on any atom is -0.360 e. The molecule has 3 aromatic heterocycles. The fourth-order valence-electron chi connectivity index (χ4n) is 3.31. The number of sulfonamides is 1. The van der Waals surface area contributed by atoms with Gasteiger partial charge in [0.2, 0.25) is 21.1 Å². The monoisotopic (exact) mass is 494 g/mol. The van der Waals surface area contributed by atoms with Crippen molar-refractivity contribution in [3.8, 4) is 0 Å². The Morgan fingerprint density at radius 1 is 1.28 bits per heavy atom. The molecule has 0 aromatic carbocycles. The molecule has 0 aliphatic carbocycles. The van der Waals surface area contributed by atoms with Crippen LogP contribution < -0.4 is 0 Å². The van der Waals surface area contributed by atoms with Crippen LogP contribution in [0, 0.1) is 13.8 Å². The highest BCUT2D eigenvalue weighted by atomic mass is 32.2. The molecule has 170 valence electrons. The summed E-state index contributed by atoms with van der Waals surface area (Å²) in [6, 6.07) is 3.98. The third-order valence-electron chi connectivity index (χ3n) is 4.91. The second-order valence-electron chi connectivity index (χ2n) is 7.08. The van der Waals surface area contributed by atoms with Crippen molar-refractivity contribution >= 4 is 51.2 Å². The van der Waals surface area contributed by atoms with Gasteiger partial charge in [-0.25, -0.2) is 13.4 Å². The summed E-state index contributed by atoms with van der Waals surface area (Å²) < 4.78 is 32.2. The van der Waals surface area contributed by atoms with Gasteiger partial charge in [0.05, 0.1) is 5.75 Å². The molecule has 4 rings (SSSR count).